The summed E-state index contributed by atoms with van der Waals surface area (Å²) in [6.45, 7) is 3.68. The van der Waals surface area contributed by atoms with Crippen molar-refractivity contribution in [3.8, 4) is 0 Å². The minimum atomic E-state index is -4.52. The van der Waals surface area contributed by atoms with Crippen LogP contribution in [-0.2, 0) is 4.74 Å². The standard InChI is InChI=1S/C6H10F3NO/c1-2-3-10-4-5-11-6(7,8)9/h2,10H,1,3-5H2. The van der Waals surface area contributed by atoms with Gasteiger partial charge >= 0.3 is 6.36 Å². The third-order valence-corrected chi connectivity index (χ3v) is 0.833. The molecular weight excluding hydrogens is 159 g/mol. The predicted octanol–water partition coefficient (Wildman–Crippen LogP) is 1.30. The molecular formula is C6H10F3NO. The summed E-state index contributed by atoms with van der Waals surface area (Å²) in [7, 11) is 0. The number of halogens is 3. The van der Waals surface area contributed by atoms with Gasteiger partial charge in [0.05, 0.1) is 6.61 Å². The van der Waals surface area contributed by atoms with Gasteiger partial charge < -0.3 is 5.32 Å². The molecule has 66 valence electrons. The van der Waals surface area contributed by atoms with Crippen molar-refractivity contribution in [3.05, 3.63) is 12.7 Å². The Bertz CT molecular complexity index is 113. The summed E-state index contributed by atoms with van der Waals surface area (Å²) in [6, 6.07) is 0. The highest BCUT2D eigenvalue weighted by molar-refractivity contribution is 4.68. The van der Waals surface area contributed by atoms with Gasteiger partial charge in [0, 0.05) is 13.1 Å². The topological polar surface area (TPSA) is 21.3 Å². The van der Waals surface area contributed by atoms with E-state index in [1.165, 1.54) is 0 Å². The van der Waals surface area contributed by atoms with Crippen LogP contribution in [0.3, 0.4) is 0 Å². The first kappa shape index (κ1) is 10.4. The van der Waals surface area contributed by atoms with Gasteiger partial charge in [0.2, 0.25) is 0 Å². The molecule has 0 aliphatic carbocycles. The molecule has 0 aliphatic heterocycles. The van der Waals surface area contributed by atoms with Gasteiger partial charge in [0.1, 0.15) is 0 Å². The second-order valence-electron chi connectivity index (χ2n) is 1.79. The lowest BCUT2D eigenvalue weighted by Gasteiger charge is -2.06. The molecule has 0 amide bonds. The molecule has 0 aromatic rings. The van der Waals surface area contributed by atoms with Crippen LogP contribution in [0, 0.1) is 0 Å². The van der Waals surface area contributed by atoms with Crippen molar-refractivity contribution in [2.24, 2.45) is 0 Å². The maximum Gasteiger partial charge on any atom is 0.522 e. The van der Waals surface area contributed by atoms with Gasteiger partial charge in [-0.3, -0.25) is 4.74 Å². The Balaban J connectivity index is 3.08. The Morgan fingerprint density at radius 1 is 1.45 bits per heavy atom. The first-order chi connectivity index (χ1) is 5.06. The first-order valence-corrected chi connectivity index (χ1v) is 3.08. The molecule has 0 unspecified atom stereocenters. The molecule has 0 heterocycles. The zero-order chi connectivity index (χ0) is 8.74. The predicted molar refractivity (Wildman–Crippen MR) is 35.1 cm³/mol. The summed E-state index contributed by atoms with van der Waals surface area (Å²) < 4.78 is 37.4. The van der Waals surface area contributed by atoms with Gasteiger partial charge in [-0.15, -0.1) is 19.8 Å². The van der Waals surface area contributed by atoms with Crippen LogP contribution in [0.15, 0.2) is 12.7 Å². The molecule has 0 saturated heterocycles. The van der Waals surface area contributed by atoms with Crippen LogP contribution in [0.5, 0.6) is 0 Å². The van der Waals surface area contributed by atoms with Crippen molar-refractivity contribution in [1.82, 2.24) is 5.32 Å². The fourth-order valence-corrected chi connectivity index (χ4v) is 0.443. The minimum absolute atomic E-state index is 0.172. The van der Waals surface area contributed by atoms with Gasteiger partial charge in [0.15, 0.2) is 0 Å². The first-order valence-electron chi connectivity index (χ1n) is 3.08. The van der Waals surface area contributed by atoms with Crippen LogP contribution in [0.1, 0.15) is 0 Å². The maximum absolute atomic E-state index is 11.3. The van der Waals surface area contributed by atoms with E-state index in [2.05, 4.69) is 16.6 Å². The molecule has 1 N–H and O–H groups in total. The lowest BCUT2D eigenvalue weighted by atomic mass is 10.6. The maximum atomic E-state index is 11.3. The minimum Gasteiger partial charge on any atom is -0.311 e. The summed E-state index contributed by atoms with van der Waals surface area (Å²) >= 11 is 0. The monoisotopic (exact) mass is 169 g/mol. The van der Waals surface area contributed by atoms with E-state index < -0.39 is 6.36 Å². The normalized spacial score (nSPS) is 11.5. The summed E-state index contributed by atoms with van der Waals surface area (Å²) in [4.78, 5) is 0. The Morgan fingerprint density at radius 3 is 2.55 bits per heavy atom. The molecule has 0 bridgehead atoms. The number of alkyl halides is 3. The van der Waals surface area contributed by atoms with Crippen molar-refractivity contribution in [2.45, 2.75) is 6.36 Å². The van der Waals surface area contributed by atoms with Crippen LogP contribution >= 0.6 is 0 Å². The number of hydrogen-bond acceptors (Lipinski definition) is 2. The zero-order valence-corrected chi connectivity index (χ0v) is 5.95. The molecule has 0 saturated carbocycles. The van der Waals surface area contributed by atoms with E-state index in [9.17, 15) is 13.2 Å². The highest BCUT2D eigenvalue weighted by Crippen LogP contribution is 2.14. The molecule has 0 aromatic carbocycles. The molecule has 0 aliphatic rings. The van der Waals surface area contributed by atoms with E-state index in [4.69, 9.17) is 0 Å². The molecule has 0 atom stereocenters. The van der Waals surface area contributed by atoms with Crippen molar-refractivity contribution in [2.75, 3.05) is 19.7 Å². The summed E-state index contributed by atoms with van der Waals surface area (Å²) in [5.74, 6) is 0. The largest absolute Gasteiger partial charge is 0.522 e. The molecule has 11 heavy (non-hydrogen) atoms. The molecule has 5 heteroatoms. The van der Waals surface area contributed by atoms with Crippen LogP contribution in [0.25, 0.3) is 0 Å². The van der Waals surface area contributed by atoms with Crippen LogP contribution < -0.4 is 5.32 Å². The second kappa shape index (κ2) is 5.15. The van der Waals surface area contributed by atoms with Crippen molar-refractivity contribution >= 4 is 0 Å². The van der Waals surface area contributed by atoms with Gasteiger partial charge in [-0.05, 0) is 0 Å². The van der Waals surface area contributed by atoms with E-state index in [0.29, 0.717) is 6.54 Å². The third kappa shape index (κ3) is 9.45. The van der Waals surface area contributed by atoms with Crippen molar-refractivity contribution < 1.29 is 17.9 Å². The summed E-state index contributed by atoms with van der Waals surface area (Å²) in [5.41, 5.74) is 0. The Labute approximate surface area is 63.0 Å². The van der Waals surface area contributed by atoms with Gasteiger partial charge in [0.25, 0.3) is 0 Å². The number of rotatable bonds is 5. The Kier molecular flexibility index (Phi) is 4.89. The zero-order valence-electron chi connectivity index (χ0n) is 5.95. The Hall–Kier alpha value is -0.550. The average molecular weight is 169 g/mol. The van der Waals surface area contributed by atoms with Gasteiger partial charge in [-0.1, -0.05) is 6.08 Å². The van der Waals surface area contributed by atoms with Crippen molar-refractivity contribution in [3.63, 3.8) is 0 Å². The van der Waals surface area contributed by atoms with Gasteiger partial charge in [-0.2, -0.15) is 0 Å². The summed E-state index contributed by atoms with van der Waals surface area (Å²) in [6.07, 6.45) is -2.95. The summed E-state index contributed by atoms with van der Waals surface area (Å²) in [5, 5.41) is 2.66. The SMILES string of the molecule is C=CCNCCOC(F)(F)F. The number of nitrogens with one attached hydrogen (secondary N) is 1. The lowest BCUT2D eigenvalue weighted by molar-refractivity contribution is -0.323. The molecule has 0 radical (unpaired) electrons. The van der Waals surface area contributed by atoms with Gasteiger partial charge in [-0.25, -0.2) is 0 Å². The van der Waals surface area contributed by atoms with Crippen molar-refractivity contribution in [1.29, 1.82) is 0 Å². The second-order valence-corrected chi connectivity index (χ2v) is 1.79. The number of hydrogen-bond donors (Lipinski definition) is 1. The van der Waals surface area contributed by atoms with Crippen LogP contribution in [0.4, 0.5) is 13.2 Å². The Morgan fingerprint density at radius 2 is 2.09 bits per heavy atom. The molecule has 0 spiro atoms. The molecule has 2 nitrogen and oxygen atoms in total. The molecule has 0 fully saturated rings. The van der Waals surface area contributed by atoms with E-state index >= 15 is 0 Å². The lowest BCUT2D eigenvalue weighted by Crippen LogP contribution is -2.24. The third-order valence-electron chi connectivity index (χ3n) is 0.833. The average Bonchev–Trinajstić information content (AvgIpc) is 1.85. The van der Waals surface area contributed by atoms with E-state index in [-0.39, 0.29) is 13.2 Å². The quantitative estimate of drug-likeness (QED) is 0.494. The van der Waals surface area contributed by atoms with E-state index in [1.54, 1.807) is 6.08 Å². The molecule has 0 rings (SSSR count). The highest BCUT2D eigenvalue weighted by Gasteiger charge is 2.28. The number of ether oxygens (including phenoxy) is 1. The van der Waals surface area contributed by atoms with E-state index in [1.807, 2.05) is 0 Å². The fraction of sp³-hybridized carbons (Fsp3) is 0.667. The smallest absolute Gasteiger partial charge is 0.311 e. The highest BCUT2D eigenvalue weighted by atomic mass is 19.4. The van der Waals surface area contributed by atoms with Crippen LogP contribution in [-0.4, -0.2) is 26.1 Å². The van der Waals surface area contributed by atoms with Crippen LogP contribution in [0.2, 0.25) is 0 Å². The molecule has 0 aromatic heterocycles. The fourth-order valence-electron chi connectivity index (χ4n) is 0.443. The van der Waals surface area contributed by atoms with E-state index in [0.717, 1.165) is 0 Å².